The normalized spacial score (nSPS) is 19.0. The van der Waals surface area contributed by atoms with Crippen LogP contribution in [0.5, 0.6) is 5.75 Å². The number of hydrogen-bond acceptors (Lipinski definition) is 6. The van der Waals surface area contributed by atoms with E-state index >= 15 is 0 Å². The monoisotopic (exact) mass is 396 g/mol. The number of nitrogens with zero attached hydrogens (tertiary/aromatic N) is 2. The van der Waals surface area contributed by atoms with Crippen molar-refractivity contribution in [3.63, 3.8) is 0 Å². The quantitative estimate of drug-likeness (QED) is 0.398. The number of hydrogen-bond donors (Lipinski definition) is 0. The average Bonchev–Trinajstić information content (AvgIpc) is 3.05. The van der Waals surface area contributed by atoms with Gasteiger partial charge in [-0.05, 0) is 68.5 Å². The van der Waals surface area contributed by atoms with Gasteiger partial charge < -0.3 is 14.4 Å². The molecule has 0 N–H and O–H groups in total. The van der Waals surface area contributed by atoms with Crippen LogP contribution in [0, 0.1) is 11.3 Å². The van der Waals surface area contributed by atoms with Crippen LogP contribution in [0.4, 0.5) is 5.69 Å². The van der Waals surface area contributed by atoms with Gasteiger partial charge in [0.25, 0.3) is 0 Å². The molecule has 0 fully saturated rings. The van der Waals surface area contributed by atoms with Crippen molar-refractivity contribution < 1.29 is 14.3 Å². The second-order valence-electron chi connectivity index (χ2n) is 6.47. The van der Waals surface area contributed by atoms with E-state index in [-0.39, 0.29) is 12.2 Å². The number of esters is 1. The number of anilines is 1. The Hall–Kier alpha value is -2.65. The smallest absolute Gasteiger partial charge is 0.349 e. The molecule has 0 amide bonds. The van der Waals surface area contributed by atoms with E-state index in [1.54, 1.807) is 25.8 Å². The zero-order valence-electron chi connectivity index (χ0n) is 16.4. The van der Waals surface area contributed by atoms with Crippen molar-refractivity contribution in [3.8, 4) is 11.8 Å². The molecular formula is C22H24N2O3S. The fourth-order valence-electron chi connectivity index (χ4n) is 3.42. The zero-order valence-corrected chi connectivity index (χ0v) is 17.3. The summed E-state index contributed by atoms with van der Waals surface area (Å²) < 4.78 is 10.4. The average molecular weight is 397 g/mol. The van der Waals surface area contributed by atoms with Gasteiger partial charge in [0.05, 0.1) is 24.4 Å². The van der Waals surface area contributed by atoms with Crippen molar-refractivity contribution in [1.82, 2.24) is 0 Å². The fourth-order valence-corrected chi connectivity index (χ4v) is 4.65. The third-order valence-corrected chi connectivity index (χ3v) is 5.84. The summed E-state index contributed by atoms with van der Waals surface area (Å²) in [6, 6.07) is 8.14. The van der Waals surface area contributed by atoms with Crippen LogP contribution in [0.3, 0.4) is 0 Å². The number of thioether (sulfide) groups is 1. The lowest BCUT2D eigenvalue weighted by atomic mass is 9.92. The first-order chi connectivity index (χ1) is 13.6. The van der Waals surface area contributed by atoms with E-state index in [1.165, 1.54) is 10.6 Å². The molecule has 5 nitrogen and oxygen atoms in total. The molecule has 0 saturated heterocycles. The summed E-state index contributed by atoms with van der Waals surface area (Å²) in [5.74, 6) is 0.314. The topological polar surface area (TPSA) is 62.6 Å². The number of fused-ring (bicyclic) bond motifs is 1. The first-order valence-electron chi connectivity index (χ1n) is 9.47. The molecule has 0 unspecified atom stereocenters. The number of ether oxygens (including phenoxy) is 2. The van der Waals surface area contributed by atoms with E-state index in [2.05, 4.69) is 30.0 Å². The maximum absolute atomic E-state index is 12.1. The largest absolute Gasteiger partial charge is 0.497 e. The van der Waals surface area contributed by atoms with E-state index < -0.39 is 5.97 Å². The van der Waals surface area contributed by atoms with Gasteiger partial charge >= 0.3 is 5.97 Å². The Morgan fingerprint density at radius 2 is 2.18 bits per heavy atom. The summed E-state index contributed by atoms with van der Waals surface area (Å²) in [4.78, 5) is 15.5. The first kappa shape index (κ1) is 20.1. The van der Waals surface area contributed by atoms with E-state index in [0.717, 1.165) is 47.7 Å². The number of carbonyl (C=O) groups is 1. The Labute approximate surface area is 170 Å². The Balaban J connectivity index is 1.93. The lowest BCUT2D eigenvalue weighted by Gasteiger charge is -2.20. The molecule has 1 heterocycles. The highest BCUT2D eigenvalue weighted by Gasteiger charge is 2.25. The third-order valence-electron chi connectivity index (χ3n) is 4.75. The van der Waals surface area contributed by atoms with Gasteiger partial charge in [-0.2, -0.15) is 5.26 Å². The number of nitriles is 1. The molecule has 0 atom stereocenters. The molecule has 28 heavy (non-hydrogen) atoms. The van der Waals surface area contributed by atoms with Crippen LogP contribution in [-0.2, 0) is 9.53 Å². The minimum absolute atomic E-state index is 0.122. The molecular weight excluding hydrogens is 372 g/mol. The van der Waals surface area contributed by atoms with E-state index in [9.17, 15) is 10.1 Å². The minimum Gasteiger partial charge on any atom is -0.497 e. The van der Waals surface area contributed by atoms with E-state index in [0.29, 0.717) is 0 Å². The summed E-state index contributed by atoms with van der Waals surface area (Å²) in [7, 11) is 1.67. The van der Waals surface area contributed by atoms with Crippen LogP contribution < -0.4 is 9.64 Å². The number of carbonyl (C=O) groups excluding carboxylic acids is 1. The van der Waals surface area contributed by atoms with Crippen LogP contribution in [0.1, 0.15) is 33.1 Å². The molecule has 2 aliphatic rings. The molecule has 6 heteroatoms. The molecule has 0 radical (unpaired) electrons. The Bertz CT molecular complexity index is 909. The predicted octanol–water partition coefficient (Wildman–Crippen LogP) is 4.96. The van der Waals surface area contributed by atoms with Gasteiger partial charge in [-0.25, -0.2) is 4.79 Å². The van der Waals surface area contributed by atoms with Crippen LogP contribution >= 0.6 is 11.8 Å². The van der Waals surface area contributed by atoms with Gasteiger partial charge in [-0.1, -0.05) is 17.8 Å². The van der Waals surface area contributed by atoms with E-state index in [1.807, 2.05) is 18.2 Å². The van der Waals surface area contributed by atoms with Crippen molar-refractivity contribution >= 4 is 23.4 Å². The Kier molecular flexibility index (Phi) is 6.48. The number of benzene rings is 1. The van der Waals surface area contributed by atoms with E-state index in [4.69, 9.17) is 9.47 Å². The Morgan fingerprint density at radius 1 is 1.36 bits per heavy atom. The molecule has 0 bridgehead atoms. The number of methoxy groups -OCH3 is 1. The maximum Gasteiger partial charge on any atom is 0.349 e. The van der Waals surface area contributed by atoms with Gasteiger partial charge in [0.15, 0.2) is 0 Å². The van der Waals surface area contributed by atoms with Crippen LogP contribution in [0.2, 0.25) is 0 Å². The summed E-state index contributed by atoms with van der Waals surface area (Å²) in [5, 5.41) is 10.6. The van der Waals surface area contributed by atoms with Gasteiger partial charge in [0.1, 0.15) is 17.4 Å². The summed E-state index contributed by atoms with van der Waals surface area (Å²) in [6.07, 6.45) is 6.69. The number of rotatable bonds is 5. The minimum atomic E-state index is -0.532. The molecule has 0 aromatic heterocycles. The highest BCUT2D eigenvalue weighted by atomic mass is 32.2. The number of allylic oxidation sites excluding steroid dienone is 4. The SMILES string of the molecule is CCOC(=O)C(C#N)=C1C=C(C=C2Sc3cc(OC)ccc3N2CC)CCC1. The zero-order chi connectivity index (χ0) is 20.1. The lowest BCUT2D eigenvalue weighted by molar-refractivity contribution is -0.138. The van der Waals surface area contributed by atoms with Gasteiger partial charge in [-0.3, -0.25) is 0 Å². The molecule has 146 valence electrons. The van der Waals surface area contributed by atoms with Crippen molar-refractivity contribution in [1.29, 1.82) is 5.26 Å². The van der Waals surface area contributed by atoms with Gasteiger partial charge in [0.2, 0.25) is 0 Å². The predicted molar refractivity (Wildman–Crippen MR) is 111 cm³/mol. The fraction of sp³-hybridized carbons (Fsp3) is 0.364. The highest BCUT2D eigenvalue weighted by Crippen LogP contribution is 2.47. The van der Waals surface area contributed by atoms with Gasteiger partial charge in [-0.15, -0.1) is 0 Å². The molecule has 1 aliphatic heterocycles. The first-order valence-corrected chi connectivity index (χ1v) is 10.3. The maximum atomic E-state index is 12.1. The van der Waals surface area contributed by atoms with Crippen molar-refractivity contribution in [2.24, 2.45) is 0 Å². The summed E-state index contributed by atoms with van der Waals surface area (Å²) >= 11 is 1.72. The molecule has 1 aromatic rings. The van der Waals surface area contributed by atoms with Crippen LogP contribution in [-0.4, -0.2) is 26.2 Å². The van der Waals surface area contributed by atoms with Gasteiger partial charge in [0, 0.05) is 11.4 Å². The molecule has 1 aromatic carbocycles. The highest BCUT2D eigenvalue weighted by molar-refractivity contribution is 8.03. The Morgan fingerprint density at radius 3 is 2.86 bits per heavy atom. The van der Waals surface area contributed by atoms with Crippen molar-refractivity contribution in [2.75, 3.05) is 25.2 Å². The van der Waals surface area contributed by atoms with Crippen LogP contribution in [0.15, 0.2) is 57.0 Å². The summed E-state index contributed by atoms with van der Waals surface area (Å²) in [6.45, 7) is 5.00. The second-order valence-corrected chi connectivity index (χ2v) is 7.53. The molecule has 3 rings (SSSR count). The molecule has 0 saturated carbocycles. The van der Waals surface area contributed by atoms with Crippen molar-refractivity contribution in [2.45, 2.75) is 38.0 Å². The summed E-state index contributed by atoms with van der Waals surface area (Å²) in [5.41, 5.74) is 3.19. The molecule has 1 aliphatic carbocycles. The third kappa shape index (κ3) is 4.10. The standard InChI is InChI=1S/C22H24N2O3S/c1-4-24-19-10-9-17(26-3)13-20(19)28-21(24)12-15-7-6-8-16(11-15)18(14-23)22(25)27-5-2/h9-13H,4-8H2,1-3H3. The van der Waals surface area contributed by atoms with Crippen LogP contribution in [0.25, 0.3) is 0 Å². The molecule has 0 spiro atoms. The second kappa shape index (κ2) is 9.03. The van der Waals surface area contributed by atoms with Crippen molar-refractivity contribution in [3.05, 3.63) is 52.1 Å². The lowest BCUT2D eigenvalue weighted by Crippen LogP contribution is -2.16.